The topological polar surface area (TPSA) is 51.8 Å². The molecule has 1 fully saturated rings. The van der Waals surface area contributed by atoms with E-state index < -0.39 is 0 Å². The van der Waals surface area contributed by atoms with Gasteiger partial charge in [0.15, 0.2) is 5.84 Å². The molecule has 1 aliphatic heterocycles. The number of fused-ring (bicyclic) bond motifs is 1. The lowest BCUT2D eigenvalue weighted by molar-refractivity contribution is 0.159. The summed E-state index contributed by atoms with van der Waals surface area (Å²) in [7, 11) is 0. The average Bonchev–Trinajstić information content (AvgIpc) is 3.35. The molecule has 7 heteroatoms. The average molecular weight is 409 g/mol. The van der Waals surface area contributed by atoms with Crippen LogP contribution in [0.2, 0.25) is 5.02 Å². The van der Waals surface area contributed by atoms with Crippen molar-refractivity contribution in [2.75, 3.05) is 6.61 Å². The van der Waals surface area contributed by atoms with Crippen LogP contribution in [0.1, 0.15) is 42.5 Å². The highest BCUT2D eigenvalue weighted by molar-refractivity contribution is 6.38. The molecule has 0 saturated heterocycles. The molecule has 0 bridgehead atoms. The predicted octanol–water partition coefficient (Wildman–Crippen LogP) is 5.23. The monoisotopic (exact) mass is 408 g/mol. The maximum absolute atomic E-state index is 13.9. The van der Waals surface area contributed by atoms with Gasteiger partial charge in [-0.1, -0.05) is 28.9 Å². The third kappa shape index (κ3) is 3.34. The number of aliphatic imine (C=N–C) groups is 1. The number of hydrogen-bond acceptors (Lipinski definition) is 3. The molecule has 2 heterocycles. The number of rotatable bonds is 5. The molecule has 0 unspecified atom stereocenters. The summed E-state index contributed by atoms with van der Waals surface area (Å²) in [6.45, 7) is 2.29. The molecule has 0 radical (unpaired) electrons. The fourth-order valence-corrected chi connectivity index (χ4v) is 3.65. The van der Waals surface area contributed by atoms with Gasteiger partial charge in [-0.2, -0.15) is 5.10 Å². The fourth-order valence-electron chi connectivity index (χ4n) is 3.45. The first kappa shape index (κ1) is 18.1. The summed E-state index contributed by atoms with van der Waals surface area (Å²) < 4.78 is 15.9. The van der Waals surface area contributed by atoms with Crippen molar-refractivity contribution in [2.45, 2.75) is 25.8 Å². The zero-order valence-electron chi connectivity index (χ0n) is 15.8. The van der Waals surface area contributed by atoms with Crippen molar-refractivity contribution in [3.63, 3.8) is 0 Å². The Morgan fingerprint density at radius 1 is 1.14 bits per heavy atom. The van der Waals surface area contributed by atoms with E-state index >= 15 is 0 Å². The Hall–Kier alpha value is -2.99. The Morgan fingerprint density at radius 2 is 2.00 bits per heavy atom. The van der Waals surface area contributed by atoms with Gasteiger partial charge in [0.05, 0.1) is 23.0 Å². The van der Waals surface area contributed by atoms with Crippen molar-refractivity contribution in [3.8, 4) is 11.1 Å². The minimum absolute atomic E-state index is 0.368. The Morgan fingerprint density at radius 3 is 2.79 bits per heavy atom. The smallest absolute Gasteiger partial charge is 0.199 e. The summed E-state index contributed by atoms with van der Waals surface area (Å²) in [5, 5.41) is 9.07. The van der Waals surface area contributed by atoms with E-state index in [2.05, 4.69) is 21.4 Å². The van der Waals surface area contributed by atoms with Crippen molar-refractivity contribution in [2.24, 2.45) is 10.1 Å². The standard InChI is InChI=1S/C22H18ClFN4O/c1-2-29-27-22-18-9-13(14-11-25-28(12-14)16-5-6-16)3-7-17(18)21(26-22)19-10-15(24)4-8-20(19)23/h3-4,7-12,16H,2,5-6H2,1H3. The molecule has 0 atom stereocenters. The number of hydrogen-bond donors (Lipinski definition) is 0. The van der Waals surface area contributed by atoms with E-state index in [4.69, 9.17) is 16.4 Å². The zero-order chi connectivity index (χ0) is 20.0. The van der Waals surface area contributed by atoms with Crippen molar-refractivity contribution in [1.29, 1.82) is 0 Å². The number of oxime groups is 1. The molecule has 2 aromatic carbocycles. The van der Waals surface area contributed by atoms with Crippen molar-refractivity contribution >= 4 is 23.1 Å². The van der Waals surface area contributed by atoms with Gasteiger partial charge in [-0.05, 0) is 49.6 Å². The summed E-state index contributed by atoms with van der Waals surface area (Å²) in [6, 6.07) is 10.8. The summed E-state index contributed by atoms with van der Waals surface area (Å²) >= 11 is 6.33. The lowest BCUT2D eigenvalue weighted by Crippen LogP contribution is -2.02. The zero-order valence-corrected chi connectivity index (χ0v) is 16.5. The SMILES string of the molecule is CCON=C1N=C(c2cc(F)ccc2Cl)c2ccc(-c3cnn(C4CC4)c3)cc21. The van der Waals surface area contributed by atoms with E-state index in [-0.39, 0.29) is 5.82 Å². The third-order valence-electron chi connectivity index (χ3n) is 5.05. The Labute approximate surface area is 172 Å². The van der Waals surface area contributed by atoms with Crippen LogP contribution in [0.5, 0.6) is 0 Å². The molecular formula is C22H18ClFN4O. The second-order valence-electron chi connectivity index (χ2n) is 7.12. The molecule has 5 rings (SSSR count). The van der Waals surface area contributed by atoms with E-state index in [0.29, 0.717) is 34.8 Å². The highest BCUT2D eigenvalue weighted by Gasteiger charge is 2.27. The van der Waals surface area contributed by atoms with Crippen LogP contribution < -0.4 is 0 Å². The van der Waals surface area contributed by atoms with Gasteiger partial charge in [0.25, 0.3) is 0 Å². The van der Waals surface area contributed by atoms with Crippen LogP contribution in [-0.2, 0) is 4.84 Å². The molecule has 0 spiro atoms. The van der Waals surface area contributed by atoms with Gasteiger partial charge in [0.1, 0.15) is 12.4 Å². The van der Waals surface area contributed by atoms with Gasteiger partial charge in [0, 0.05) is 28.5 Å². The Bertz CT molecular complexity index is 1160. The highest BCUT2D eigenvalue weighted by Crippen LogP contribution is 2.36. The number of amidine groups is 1. The molecule has 2 aliphatic rings. The van der Waals surface area contributed by atoms with E-state index in [1.54, 1.807) is 0 Å². The van der Waals surface area contributed by atoms with Crippen LogP contribution in [0.3, 0.4) is 0 Å². The van der Waals surface area contributed by atoms with Crippen molar-refractivity contribution in [3.05, 3.63) is 76.3 Å². The Kier molecular flexibility index (Phi) is 4.43. The summed E-state index contributed by atoms with van der Waals surface area (Å²) in [5.74, 6) is 0.0848. The molecule has 3 aromatic rings. The van der Waals surface area contributed by atoms with Gasteiger partial charge in [-0.25, -0.2) is 9.38 Å². The second-order valence-corrected chi connectivity index (χ2v) is 7.53. The van der Waals surface area contributed by atoms with Crippen LogP contribution >= 0.6 is 11.6 Å². The van der Waals surface area contributed by atoms with Gasteiger partial charge in [-0.15, -0.1) is 0 Å². The molecule has 5 nitrogen and oxygen atoms in total. The van der Waals surface area contributed by atoms with Gasteiger partial charge in [-0.3, -0.25) is 4.68 Å². The van der Waals surface area contributed by atoms with Crippen LogP contribution in [0.4, 0.5) is 4.39 Å². The second kappa shape index (κ2) is 7.12. The maximum Gasteiger partial charge on any atom is 0.199 e. The molecule has 146 valence electrons. The van der Waals surface area contributed by atoms with Gasteiger partial charge in [0.2, 0.25) is 0 Å². The van der Waals surface area contributed by atoms with Crippen LogP contribution in [-0.4, -0.2) is 27.9 Å². The number of nitrogens with zero attached hydrogens (tertiary/aromatic N) is 4. The van der Waals surface area contributed by atoms with E-state index in [9.17, 15) is 4.39 Å². The third-order valence-corrected chi connectivity index (χ3v) is 5.38. The van der Waals surface area contributed by atoms with E-state index in [1.165, 1.54) is 31.0 Å². The summed E-state index contributed by atoms with van der Waals surface area (Å²) in [5.41, 5.74) is 4.83. The first-order valence-electron chi connectivity index (χ1n) is 9.57. The molecule has 29 heavy (non-hydrogen) atoms. The predicted molar refractivity (Wildman–Crippen MR) is 111 cm³/mol. The number of benzene rings is 2. The lowest BCUT2D eigenvalue weighted by atomic mass is 9.96. The largest absolute Gasteiger partial charge is 0.394 e. The maximum atomic E-state index is 13.9. The van der Waals surface area contributed by atoms with Gasteiger partial charge >= 0.3 is 0 Å². The minimum Gasteiger partial charge on any atom is -0.394 e. The fraction of sp³-hybridized carbons (Fsp3) is 0.227. The molecule has 0 N–H and O–H groups in total. The minimum atomic E-state index is -0.368. The lowest BCUT2D eigenvalue weighted by Gasteiger charge is -2.07. The molecular weight excluding hydrogens is 391 g/mol. The van der Waals surface area contributed by atoms with Crippen LogP contribution in [0.15, 0.2) is 58.9 Å². The summed E-state index contributed by atoms with van der Waals surface area (Å²) in [6.07, 6.45) is 6.31. The first-order chi connectivity index (χ1) is 14.1. The molecule has 1 aromatic heterocycles. The van der Waals surface area contributed by atoms with Crippen LogP contribution in [0.25, 0.3) is 11.1 Å². The molecule has 1 aliphatic carbocycles. The van der Waals surface area contributed by atoms with Crippen molar-refractivity contribution in [1.82, 2.24) is 9.78 Å². The van der Waals surface area contributed by atoms with Gasteiger partial charge < -0.3 is 4.84 Å². The number of aromatic nitrogens is 2. The van der Waals surface area contributed by atoms with Crippen molar-refractivity contribution < 1.29 is 9.23 Å². The quantitative estimate of drug-likeness (QED) is 0.543. The van der Waals surface area contributed by atoms with E-state index in [0.717, 1.165) is 22.3 Å². The Balaban J connectivity index is 1.60. The van der Waals surface area contributed by atoms with Crippen LogP contribution in [0, 0.1) is 5.82 Å². The number of halogens is 2. The highest BCUT2D eigenvalue weighted by atomic mass is 35.5. The molecule has 1 saturated carbocycles. The van der Waals surface area contributed by atoms with E-state index in [1.807, 2.05) is 36.0 Å². The molecule has 0 amide bonds. The normalized spacial score (nSPS) is 16.8. The first-order valence-corrected chi connectivity index (χ1v) is 9.95. The summed E-state index contributed by atoms with van der Waals surface area (Å²) in [4.78, 5) is 9.87.